The molecule has 0 spiro atoms. The lowest BCUT2D eigenvalue weighted by Crippen LogP contribution is -2.44. The monoisotopic (exact) mass is 270 g/mol. The highest BCUT2D eigenvalue weighted by Gasteiger charge is 2.25. The Kier molecular flexibility index (Phi) is 7.39. The van der Waals surface area contributed by atoms with Crippen LogP contribution < -0.4 is 5.73 Å². The molecule has 1 heterocycles. The molecule has 4 nitrogen and oxygen atoms in total. The lowest BCUT2D eigenvalue weighted by molar-refractivity contribution is -0.136. The lowest BCUT2D eigenvalue weighted by atomic mass is 9.93. The zero-order chi connectivity index (χ0) is 14.3. The van der Waals surface area contributed by atoms with E-state index in [9.17, 15) is 4.79 Å². The summed E-state index contributed by atoms with van der Waals surface area (Å²) in [5.74, 6) is 1.17. The third kappa shape index (κ3) is 5.91. The first kappa shape index (κ1) is 16.4. The standard InChI is InChI=1S/C15H30N2O2/c1-4-19-14-6-5-7-17(11-14)15(18)9-13(10-16)8-12(2)3/h12-14H,4-11,16H2,1-3H3/t13-,14?/m0/s1. The number of nitrogens with two attached hydrogens (primary N) is 1. The third-order valence-corrected chi connectivity index (χ3v) is 3.73. The molecule has 0 aromatic rings. The second-order valence-corrected chi connectivity index (χ2v) is 5.99. The SMILES string of the molecule is CCOC1CCCN(C(=O)C[C@@H](CN)CC(C)C)C1. The minimum Gasteiger partial charge on any atom is -0.377 e. The average molecular weight is 270 g/mol. The van der Waals surface area contributed by atoms with Crippen molar-refractivity contribution in [2.75, 3.05) is 26.2 Å². The van der Waals surface area contributed by atoms with Crippen LogP contribution in [0.1, 0.15) is 46.5 Å². The van der Waals surface area contributed by atoms with Crippen molar-refractivity contribution in [3.63, 3.8) is 0 Å². The summed E-state index contributed by atoms with van der Waals surface area (Å²) in [5, 5.41) is 0. The number of carbonyl (C=O) groups is 1. The van der Waals surface area contributed by atoms with E-state index < -0.39 is 0 Å². The van der Waals surface area contributed by atoms with Gasteiger partial charge in [0.25, 0.3) is 0 Å². The van der Waals surface area contributed by atoms with E-state index in [1.165, 1.54) is 0 Å². The zero-order valence-corrected chi connectivity index (χ0v) is 12.7. The zero-order valence-electron chi connectivity index (χ0n) is 12.7. The number of likely N-dealkylation sites (tertiary alicyclic amines) is 1. The summed E-state index contributed by atoms with van der Waals surface area (Å²) in [4.78, 5) is 14.3. The fourth-order valence-corrected chi connectivity index (χ4v) is 2.84. The molecule has 112 valence electrons. The van der Waals surface area contributed by atoms with Gasteiger partial charge >= 0.3 is 0 Å². The molecule has 4 heteroatoms. The van der Waals surface area contributed by atoms with E-state index in [4.69, 9.17) is 10.5 Å². The first-order valence-electron chi connectivity index (χ1n) is 7.66. The quantitative estimate of drug-likeness (QED) is 0.770. The molecule has 19 heavy (non-hydrogen) atoms. The number of ether oxygens (including phenoxy) is 1. The Bertz CT molecular complexity index is 267. The van der Waals surface area contributed by atoms with Gasteiger partial charge in [0.05, 0.1) is 6.10 Å². The van der Waals surface area contributed by atoms with Crippen LogP contribution in [-0.4, -0.2) is 43.2 Å². The maximum absolute atomic E-state index is 12.3. The van der Waals surface area contributed by atoms with Crippen molar-refractivity contribution in [2.45, 2.75) is 52.6 Å². The molecular weight excluding hydrogens is 240 g/mol. The summed E-state index contributed by atoms with van der Waals surface area (Å²) >= 11 is 0. The number of hydrogen-bond acceptors (Lipinski definition) is 3. The topological polar surface area (TPSA) is 55.6 Å². The van der Waals surface area contributed by atoms with E-state index in [1.807, 2.05) is 11.8 Å². The van der Waals surface area contributed by atoms with Crippen molar-refractivity contribution in [1.29, 1.82) is 0 Å². The van der Waals surface area contributed by atoms with Crippen LogP contribution >= 0.6 is 0 Å². The molecule has 1 aliphatic rings. The Labute approximate surface area is 117 Å². The number of nitrogens with zero attached hydrogens (tertiary/aromatic N) is 1. The highest BCUT2D eigenvalue weighted by molar-refractivity contribution is 5.76. The van der Waals surface area contributed by atoms with E-state index in [0.717, 1.165) is 39.0 Å². The van der Waals surface area contributed by atoms with E-state index >= 15 is 0 Å². The number of piperidine rings is 1. The molecular formula is C15H30N2O2. The van der Waals surface area contributed by atoms with Crippen LogP contribution in [0.15, 0.2) is 0 Å². The molecule has 1 fully saturated rings. The highest BCUT2D eigenvalue weighted by Crippen LogP contribution is 2.19. The summed E-state index contributed by atoms with van der Waals surface area (Å²) in [5.41, 5.74) is 5.78. The van der Waals surface area contributed by atoms with Gasteiger partial charge in [-0.25, -0.2) is 0 Å². The molecule has 1 amide bonds. The van der Waals surface area contributed by atoms with E-state index in [0.29, 0.717) is 24.8 Å². The average Bonchev–Trinajstić information content (AvgIpc) is 2.38. The second-order valence-electron chi connectivity index (χ2n) is 5.99. The predicted octanol–water partition coefficient (Wildman–Crippen LogP) is 2.02. The van der Waals surface area contributed by atoms with Crippen molar-refractivity contribution in [3.05, 3.63) is 0 Å². The van der Waals surface area contributed by atoms with Gasteiger partial charge in [0.1, 0.15) is 0 Å². The van der Waals surface area contributed by atoms with Crippen molar-refractivity contribution in [3.8, 4) is 0 Å². The normalized spacial score (nSPS) is 21.7. The lowest BCUT2D eigenvalue weighted by Gasteiger charge is -2.33. The molecule has 0 radical (unpaired) electrons. The molecule has 2 atom stereocenters. The van der Waals surface area contributed by atoms with Crippen LogP contribution in [0.2, 0.25) is 0 Å². The molecule has 0 saturated carbocycles. The van der Waals surface area contributed by atoms with Gasteiger partial charge < -0.3 is 15.4 Å². The van der Waals surface area contributed by atoms with Gasteiger partial charge in [-0.05, 0) is 44.6 Å². The summed E-state index contributed by atoms with van der Waals surface area (Å²) in [6.45, 7) is 9.33. The summed E-state index contributed by atoms with van der Waals surface area (Å²) < 4.78 is 5.64. The van der Waals surface area contributed by atoms with E-state index in [1.54, 1.807) is 0 Å². The molecule has 1 saturated heterocycles. The number of amides is 1. The van der Waals surface area contributed by atoms with Crippen molar-refractivity contribution >= 4 is 5.91 Å². The van der Waals surface area contributed by atoms with Gasteiger partial charge in [-0.3, -0.25) is 4.79 Å². The fraction of sp³-hybridized carbons (Fsp3) is 0.933. The first-order chi connectivity index (χ1) is 9.06. The van der Waals surface area contributed by atoms with Crippen molar-refractivity contribution in [2.24, 2.45) is 17.6 Å². The highest BCUT2D eigenvalue weighted by atomic mass is 16.5. The van der Waals surface area contributed by atoms with Crippen LogP contribution in [-0.2, 0) is 9.53 Å². The second kappa shape index (κ2) is 8.54. The summed E-state index contributed by atoms with van der Waals surface area (Å²) in [7, 11) is 0. The number of rotatable bonds is 7. The molecule has 0 aliphatic carbocycles. The maximum atomic E-state index is 12.3. The molecule has 1 aliphatic heterocycles. The van der Waals surface area contributed by atoms with Gasteiger partial charge in [-0.1, -0.05) is 13.8 Å². The van der Waals surface area contributed by atoms with E-state index in [-0.39, 0.29) is 12.0 Å². The van der Waals surface area contributed by atoms with Crippen molar-refractivity contribution in [1.82, 2.24) is 4.90 Å². The van der Waals surface area contributed by atoms with Gasteiger partial charge in [-0.15, -0.1) is 0 Å². The number of hydrogen-bond donors (Lipinski definition) is 1. The van der Waals surface area contributed by atoms with Gasteiger partial charge in [0, 0.05) is 26.1 Å². The Morgan fingerprint density at radius 3 is 2.79 bits per heavy atom. The largest absolute Gasteiger partial charge is 0.377 e. The minimum atomic E-state index is 0.226. The fourth-order valence-electron chi connectivity index (χ4n) is 2.84. The number of carbonyl (C=O) groups excluding carboxylic acids is 1. The summed E-state index contributed by atoms with van der Waals surface area (Å²) in [6, 6.07) is 0. The Hall–Kier alpha value is -0.610. The first-order valence-corrected chi connectivity index (χ1v) is 7.66. The molecule has 0 bridgehead atoms. The van der Waals surface area contributed by atoms with Crippen molar-refractivity contribution < 1.29 is 9.53 Å². The predicted molar refractivity (Wildman–Crippen MR) is 77.8 cm³/mol. The third-order valence-electron chi connectivity index (χ3n) is 3.73. The van der Waals surface area contributed by atoms with Gasteiger partial charge in [0.2, 0.25) is 5.91 Å². The molecule has 1 rings (SSSR count). The summed E-state index contributed by atoms with van der Waals surface area (Å²) in [6.07, 6.45) is 3.97. The molecule has 0 aromatic heterocycles. The minimum absolute atomic E-state index is 0.226. The Morgan fingerprint density at radius 2 is 2.21 bits per heavy atom. The van der Waals surface area contributed by atoms with Crippen LogP contribution in [0, 0.1) is 11.8 Å². The van der Waals surface area contributed by atoms with Crippen LogP contribution in [0.3, 0.4) is 0 Å². The Balaban J connectivity index is 2.42. The van der Waals surface area contributed by atoms with Crippen LogP contribution in [0.25, 0.3) is 0 Å². The van der Waals surface area contributed by atoms with E-state index in [2.05, 4.69) is 13.8 Å². The van der Waals surface area contributed by atoms with Gasteiger partial charge in [0.15, 0.2) is 0 Å². The molecule has 2 N–H and O–H groups in total. The molecule has 0 aromatic carbocycles. The molecule has 1 unspecified atom stereocenters. The van der Waals surface area contributed by atoms with Crippen LogP contribution in [0.4, 0.5) is 0 Å². The van der Waals surface area contributed by atoms with Crippen LogP contribution in [0.5, 0.6) is 0 Å². The smallest absolute Gasteiger partial charge is 0.222 e. The maximum Gasteiger partial charge on any atom is 0.222 e. The van der Waals surface area contributed by atoms with Gasteiger partial charge in [-0.2, -0.15) is 0 Å². The Morgan fingerprint density at radius 1 is 1.47 bits per heavy atom.